The zero-order valence-electron chi connectivity index (χ0n) is 17.4. The summed E-state index contributed by atoms with van der Waals surface area (Å²) in [6.07, 6.45) is 1.14. The molecule has 2 bridgehead atoms. The van der Waals surface area contributed by atoms with Crippen molar-refractivity contribution >= 4 is 51.0 Å². The summed E-state index contributed by atoms with van der Waals surface area (Å²) in [6, 6.07) is 4.17. The Morgan fingerprint density at radius 1 is 1.47 bits per heavy atom. The van der Waals surface area contributed by atoms with Gasteiger partial charge < -0.3 is 24.7 Å². The van der Waals surface area contributed by atoms with E-state index in [2.05, 4.69) is 22.5 Å². The first-order chi connectivity index (χ1) is 15.2. The maximum absolute atomic E-state index is 14.1. The Kier molecular flexibility index (Phi) is 6.13. The van der Waals surface area contributed by atoms with Gasteiger partial charge in [-0.3, -0.25) is 14.4 Å². The van der Waals surface area contributed by atoms with Crippen molar-refractivity contribution in [3.8, 4) is 0 Å². The number of alkyl halides is 1. The van der Waals surface area contributed by atoms with Gasteiger partial charge in [0.15, 0.2) is 0 Å². The van der Waals surface area contributed by atoms with E-state index >= 15 is 0 Å². The number of para-hydroxylation sites is 1. The van der Waals surface area contributed by atoms with E-state index in [-0.39, 0.29) is 24.5 Å². The third kappa shape index (κ3) is 3.21. The van der Waals surface area contributed by atoms with Gasteiger partial charge in [0.25, 0.3) is 5.91 Å². The minimum atomic E-state index is -1.31. The number of hydrogen-bond acceptors (Lipinski definition) is 5. The second-order valence-electron chi connectivity index (χ2n) is 8.40. The first-order valence-electron chi connectivity index (χ1n) is 10.3. The molecule has 3 fully saturated rings. The van der Waals surface area contributed by atoms with Gasteiger partial charge in [-0.15, -0.1) is 6.58 Å². The van der Waals surface area contributed by atoms with Crippen molar-refractivity contribution in [2.75, 3.05) is 24.6 Å². The number of aliphatic hydroxyl groups is 1. The zero-order valence-corrected chi connectivity index (χ0v) is 19.8. The van der Waals surface area contributed by atoms with E-state index in [1.54, 1.807) is 18.2 Å². The molecule has 32 heavy (non-hydrogen) atoms. The molecular weight excluding hydrogens is 504 g/mol. The number of aryl methyl sites for hydroxylation is 1. The summed E-state index contributed by atoms with van der Waals surface area (Å²) in [5.74, 6) is -4.15. The lowest BCUT2D eigenvalue weighted by molar-refractivity contribution is -0.149. The Morgan fingerprint density at radius 3 is 2.78 bits per heavy atom. The summed E-state index contributed by atoms with van der Waals surface area (Å²) in [5.41, 5.74) is -0.0500. The number of hydrogen-bond donors (Lipinski definition) is 2. The van der Waals surface area contributed by atoms with Crippen LogP contribution >= 0.6 is 27.5 Å². The number of benzene rings is 1. The summed E-state index contributed by atoms with van der Waals surface area (Å²) in [6.45, 7) is 5.23. The molecule has 172 valence electrons. The first-order valence-corrected chi connectivity index (χ1v) is 11.6. The van der Waals surface area contributed by atoms with E-state index in [0.717, 1.165) is 5.56 Å². The Labute approximate surface area is 198 Å². The molecule has 3 heterocycles. The number of rotatable bonds is 7. The van der Waals surface area contributed by atoms with E-state index in [1.165, 1.54) is 9.80 Å². The lowest BCUT2D eigenvalue weighted by Gasteiger charge is -2.37. The van der Waals surface area contributed by atoms with Crippen LogP contribution < -0.4 is 4.90 Å². The number of anilines is 1. The molecule has 10 heteroatoms. The number of aliphatic hydroxyl groups excluding tert-OH is 1. The van der Waals surface area contributed by atoms with E-state index in [4.69, 9.17) is 16.3 Å². The van der Waals surface area contributed by atoms with Crippen LogP contribution in [0.3, 0.4) is 0 Å². The Balaban J connectivity index is 1.84. The molecule has 6 atom stereocenters. The third-order valence-electron chi connectivity index (χ3n) is 6.69. The summed E-state index contributed by atoms with van der Waals surface area (Å²) in [5, 5.41) is 19.8. The fourth-order valence-corrected chi connectivity index (χ4v) is 6.84. The van der Waals surface area contributed by atoms with Gasteiger partial charge in [0, 0.05) is 17.9 Å². The van der Waals surface area contributed by atoms with Crippen LogP contribution in [0.1, 0.15) is 12.0 Å². The maximum atomic E-state index is 14.1. The Bertz CT molecular complexity index is 969. The number of carboxylic acid groups (broad SMARTS) is 1. The highest BCUT2D eigenvalue weighted by atomic mass is 79.9. The highest BCUT2D eigenvalue weighted by molar-refractivity contribution is 9.09. The Hall–Kier alpha value is -1.94. The summed E-state index contributed by atoms with van der Waals surface area (Å²) in [4.78, 5) is 41.9. The first kappa shape index (κ1) is 23.2. The molecular formula is C22H24BrClN2O6. The van der Waals surface area contributed by atoms with Gasteiger partial charge in [0.05, 0.1) is 35.3 Å². The van der Waals surface area contributed by atoms with Gasteiger partial charge in [-0.25, -0.2) is 0 Å². The summed E-state index contributed by atoms with van der Waals surface area (Å²) < 4.78 is 6.20. The minimum absolute atomic E-state index is 0.107. The number of aliphatic carboxylic acids is 1. The van der Waals surface area contributed by atoms with Crippen molar-refractivity contribution in [1.82, 2.24) is 4.90 Å². The van der Waals surface area contributed by atoms with Crippen LogP contribution in [-0.4, -0.2) is 75.2 Å². The number of likely N-dealkylation sites (tertiary alicyclic amines) is 1. The number of carboxylic acids is 1. The molecule has 1 aromatic rings. The van der Waals surface area contributed by atoms with Crippen molar-refractivity contribution in [3.63, 3.8) is 0 Å². The molecule has 0 aliphatic carbocycles. The van der Waals surface area contributed by atoms with E-state index < -0.39 is 47.4 Å². The zero-order chi connectivity index (χ0) is 23.4. The van der Waals surface area contributed by atoms with Crippen LogP contribution in [-0.2, 0) is 19.1 Å². The van der Waals surface area contributed by atoms with Crippen LogP contribution in [0.2, 0.25) is 5.02 Å². The predicted molar refractivity (Wildman–Crippen MR) is 121 cm³/mol. The van der Waals surface area contributed by atoms with Gasteiger partial charge in [-0.1, -0.05) is 45.7 Å². The minimum Gasteiger partial charge on any atom is -0.481 e. The van der Waals surface area contributed by atoms with Crippen molar-refractivity contribution in [2.24, 2.45) is 11.8 Å². The third-order valence-corrected chi connectivity index (χ3v) is 7.84. The molecule has 3 saturated heterocycles. The summed E-state index contributed by atoms with van der Waals surface area (Å²) >= 11 is 9.94. The lowest BCUT2D eigenvalue weighted by Crippen LogP contribution is -2.57. The molecule has 8 nitrogen and oxygen atoms in total. The van der Waals surface area contributed by atoms with Gasteiger partial charge in [-0.2, -0.15) is 0 Å². The molecule has 2 N–H and O–H groups in total. The average molecular weight is 528 g/mol. The fraction of sp³-hybridized carbons (Fsp3) is 0.500. The normalized spacial score (nSPS) is 32.8. The topological polar surface area (TPSA) is 107 Å². The Morgan fingerprint density at radius 2 is 2.19 bits per heavy atom. The number of amides is 2. The SMILES string of the molecule is C=CCN(C(=O)C1N(CCO)C(=O)[C@@H]2[C@@H](C(=O)O)[C@@H]3OC12CC3Br)c1c(C)cccc1Cl. The molecule has 4 rings (SSSR count). The van der Waals surface area contributed by atoms with Gasteiger partial charge in [-0.05, 0) is 25.0 Å². The fourth-order valence-electron chi connectivity index (χ4n) is 5.57. The number of carbonyl (C=O) groups excluding carboxylic acids is 2. The second kappa shape index (κ2) is 8.44. The van der Waals surface area contributed by atoms with E-state index in [0.29, 0.717) is 17.1 Å². The largest absolute Gasteiger partial charge is 0.481 e. The van der Waals surface area contributed by atoms with Crippen molar-refractivity contribution < 1.29 is 29.3 Å². The molecule has 1 spiro atoms. The van der Waals surface area contributed by atoms with Crippen LogP contribution in [0.25, 0.3) is 0 Å². The number of fused-ring (bicyclic) bond motifs is 1. The van der Waals surface area contributed by atoms with Crippen LogP contribution in [0.5, 0.6) is 0 Å². The highest BCUT2D eigenvalue weighted by Gasteiger charge is 2.76. The van der Waals surface area contributed by atoms with Crippen LogP contribution in [0.15, 0.2) is 30.9 Å². The lowest BCUT2D eigenvalue weighted by atomic mass is 9.70. The maximum Gasteiger partial charge on any atom is 0.310 e. The number of halogens is 2. The van der Waals surface area contributed by atoms with Crippen molar-refractivity contribution in [1.29, 1.82) is 0 Å². The number of carbonyl (C=O) groups is 3. The molecule has 0 saturated carbocycles. The predicted octanol–water partition coefficient (Wildman–Crippen LogP) is 1.99. The molecule has 2 amide bonds. The molecule has 3 unspecified atom stereocenters. The molecule has 3 aliphatic heterocycles. The number of nitrogens with zero attached hydrogens (tertiary/aromatic N) is 2. The van der Waals surface area contributed by atoms with Crippen LogP contribution in [0, 0.1) is 18.8 Å². The monoisotopic (exact) mass is 526 g/mol. The number of ether oxygens (including phenoxy) is 1. The van der Waals surface area contributed by atoms with Gasteiger partial charge >= 0.3 is 5.97 Å². The second-order valence-corrected chi connectivity index (χ2v) is 9.98. The average Bonchev–Trinajstić information content (AvgIpc) is 3.31. The molecule has 0 aromatic heterocycles. The quantitative estimate of drug-likeness (QED) is 0.415. The highest BCUT2D eigenvalue weighted by Crippen LogP contribution is 2.60. The van der Waals surface area contributed by atoms with Crippen molar-refractivity contribution in [3.05, 3.63) is 41.4 Å². The summed E-state index contributed by atoms with van der Waals surface area (Å²) in [7, 11) is 0. The molecule has 0 radical (unpaired) electrons. The van der Waals surface area contributed by atoms with Crippen LogP contribution in [0.4, 0.5) is 5.69 Å². The van der Waals surface area contributed by atoms with E-state index in [1.807, 2.05) is 13.0 Å². The smallest absolute Gasteiger partial charge is 0.310 e. The van der Waals surface area contributed by atoms with Crippen molar-refractivity contribution in [2.45, 2.75) is 35.9 Å². The van der Waals surface area contributed by atoms with Gasteiger partial charge in [0.2, 0.25) is 5.91 Å². The number of β-amino-alcohol motifs (C(OH)–C–C–N with tert-alkyl or cyclic N) is 1. The molecule has 1 aromatic carbocycles. The van der Waals surface area contributed by atoms with E-state index in [9.17, 15) is 24.6 Å². The van der Waals surface area contributed by atoms with Gasteiger partial charge in [0.1, 0.15) is 11.6 Å². The molecule has 3 aliphatic rings. The standard InChI is InChI=1S/C22H24BrClN2O6/c1-3-7-25(16-11(2)5-4-6-13(16)24)20(29)18-22-10-12(23)17(32-22)14(21(30)31)15(22)19(28)26(18)8-9-27/h3-6,12,14-15,17-18,27H,1,7-10H2,2H3,(H,30,31)/t12?,14-,15+,17-,18?,22?/m1/s1.